The summed E-state index contributed by atoms with van der Waals surface area (Å²) in [5, 5.41) is 9.38. The van der Waals surface area contributed by atoms with E-state index >= 15 is 0 Å². The highest BCUT2D eigenvalue weighted by Gasteiger charge is 2.58. The molecule has 1 aromatic rings. The first-order chi connectivity index (χ1) is 8.95. The van der Waals surface area contributed by atoms with Gasteiger partial charge in [-0.15, -0.1) is 0 Å². The highest BCUT2D eigenvalue weighted by atomic mass is 35.5. The Balaban J connectivity index is 1.92. The number of carboxylic acids is 1. The molecule has 100 valence electrons. The van der Waals surface area contributed by atoms with Crippen molar-refractivity contribution < 1.29 is 24.2 Å². The summed E-state index contributed by atoms with van der Waals surface area (Å²) in [6, 6.07) is 6.14. The topological polar surface area (TPSA) is 80.7 Å². The van der Waals surface area contributed by atoms with E-state index in [1.807, 2.05) is 0 Å². The normalized spacial score (nSPS) is 15.6. The molecule has 1 fully saturated rings. The molecule has 0 unspecified atom stereocenters. The van der Waals surface area contributed by atoms with Gasteiger partial charge in [-0.1, -0.05) is 11.6 Å². The molecule has 0 bridgehead atoms. The Hall–Kier alpha value is -1.88. The molecule has 5 nitrogen and oxygen atoms in total. The van der Waals surface area contributed by atoms with Crippen LogP contribution in [0.4, 0.5) is 0 Å². The van der Waals surface area contributed by atoms with E-state index in [1.165, 1.54) is 12.1 Å². The van der Waals surface area contributed by atoms with Crippen LogP contribution < -0.4 is 0 Å². The molecule has 1 N–H and O–H groups in total. The Labute approximate surface area is 114 Å². The number of Topliss-reactive ketones (excluding diaryl/α,β-unsaturated/α-hetero) is 1. The molecule has 1 saturated carbocycles. The van der Waals surface area contributed by atoms with E-state index < -0.39 is 29.7 Å². The van der Waals surface area contributed by atoms with Crippen molar-refractivity contribution in [2.45, 2.75) is 12.8 Å². The molecule has 2 rings (SSSR count). The molecule has 19 heavy (non-hydrogen) atoms. The molecular formula is C13H11ClO5. The second kappa shape index (κ2) is 5.01. The molecule has 1 aliphatic rings. The molecule has 0 heterocycles. The zero-order valence-corrected chi connectivity index (χ0v) is 10.6. The number of esters is 1. The Morgan fingerprint density at radius 3 is 2.26 bits per heavy atom. The van der Waals surface area contributed by atoms with Crippen LogP contribution in [0.1, 0.15) is 23.2 Å². The van der Waals surface area contributed by atoms with Crippen molar-refractivity contribution in [2.24, 2.45) is 5.41 Å². The van der Waals surface area contributed by atoms with Crippen molar-refractivity contribution in [2.75, 3.05) is 6.61 Å². The van der Waals surface area contributed by atoms with Crippen molar-refractivity contribution in [1.82, 2.24) is 0 Å². The Kier molecular flexibility index (Phi) is 3.57. The molecule has 6 heteroatoms. The predicted octanol–water partition coefficient (Wildman–Crippen LogP) is 1.93. The zero-order chi connectivity index (χ0) is 14.0. The molecule has 0 atom stereocenters. The first-order valence-electron chi connectivity index (χ1n) is 5.65. The van der Waals surface area contributed by atoms with Gasteiger partial charge in [-0.2, -0.15) is 0 Å². The Bertz CT molecular complexity index is 530. The maximum Gasteiger partial charge on any atom is 0.323 e. The van der Waals surface area contributed by atoms with Crippen LogP contribution in [-0.4, -0.2) is 29.4 Å². The fourth-order valence-electron chi connectivity index (χ4n) is 1.62. The van der Waals surface area contributed by atoms with Gasteiger partial charge in [-0.25, -0.2) is 0 Å². The highest BCUT2D eigenvalue weighted by molar-refractivity contribution is 6.30. The first-order valence-corrected chi connectivity index (χ1v) is 6.03. The number of hydrogen-bond donors (Lipinski definition) is 1. The summed E-state index contributed by atoms with van der Waals surface area (Å²) in [4.78, 5) is 34.2. The van der Waals surface area contributed by atoms with Crippen molar-refractivity contribution >= 4 is 29.3 Å². The fourth-order valence-corrected chi connectivity index (χ4v) is 1.74. The standard InChI is InChI=1S/C13H11ClO5/c14-9-3-1-8(2-4-9)10(15)7-19-12(18)13(5-6-13)11(16)17/h1-4H,5-7H2,(H,16,17). The van der Waals surface area contributed by atoms with E-state index in [9.17, 15) is 14.4 Å². The smallest absolute Gasteiger partial charge is 0.323 e. The van der Waals surface area contributed by atoms with E-state index in [4.69, 9.17) is 21.4 Å². The van der Waals surface area contributed by atoms with Crippen molar-refractivity contribution in [3.63, 3.8) is 0 Å². The highest BCUT2D eigenvalue weighted by Crippen LogP contribution is 2.46. The molecular weight excluding hydrogens is 272 g/mol. The van der Waals surface area contributed by atoms with Gasteiger partial charge in [0.2, 0.25) is 0 Å². The number of ketones is 1. The predicted molar refractivity (Wildman–Crippen MR) is 66.0 cm³/mol. The first kappa shape index (κ1) is 13.5. The summed E-state index contributed by atoms with van der Waals surface area (Å²) in [6.07, 6.45) is 0.520. The third-order valence-corrected chi connectivity index (χ3v) is 3.30. The van der Waals surface area contributed by atoms with Gasteiger partial charge in [-0.05, 0) is 37.1 Å². The number of carbonyl (C=O) groups is 3. The van der Waals surface area contributed by atoms with Gasteiger partial charge in [0.25, 0.3) is 0 Å². The van der Waals surface area contributed by atoms with Gasteiger partial charge >= 0.3 is 11.9 Å². The third kappa shape index (κ3) is 2.76. The number of benzene rings is 1. The van der Waals surface area contributed by atoms with Crippen molar-refractivity contribution in [3.05, 3.63) is 34.9 Å². The summed E-state index contributed by atoms with van der Waals surface area (Å²) < 4.78 is 4.77. The number of rotatable bonds is 5. The molecule has 1 aromatic carbocycles. The third-order valence-electron chi connectivity index (χ3n) is 3.05. The summed E-state index contributed by atoms with van der Waals surface area (Å²) in [5.74, 6) is -2.44. The van der Waals surface area contributed by atoms with E-state index in [-0.39, 0.29) is 12.8 Å². The van der Waals surface area contributed by atoms with Gasteiger partial charge in [0.1, 0.15) is 0 Å². The maximum atomic E-state index is 11.7. The quantitative estimate of drug-likeness (QED) is 0.507. The van der Waals surface area contributed by atoms with Crippen LogP contribution in [0.5, 0.6) is 0 Å². The van der Waals surface area contributed by atoms with Crippen molar-refractivity contribution in [1.29, 1.82) is 0 Å². The van der Waals surface area contributed by atoms with Crippen LogP contribution in [0.2, 0.25) is 5.02 Å². The average Bonchev–Trinajstić information content (AvgIpc) is 3.17. The second-order valence-electron chi connectivity index (χ2n) is 4.39. The number of carboxylic acid groups (broad SMARTS) is 1. The lowest BCUT2D eigenvalue weighted by Gasteiger charge is -2.09. The average molecular weight is 283 g/mol. The number of hydrogen-bond acceptors (Lipinski definition) is 4. The number of halogens is 1. The molecule has 0 spiro atoms. The monoisotopic (exact) mass is 282 g/mol. The lowest BCUT2D eigenvalue weighted by Crippen LogP contribution is -2.29. The Morgan fingerprint density at radius 1 is 1.21 bits per heavy atom. The summed E-state index contributed by atoms with van der Waals surface area (Å²) in [5.41, 5.74) is -1.07. The van der Waals surface area contributed by atoms with Crippen molar-refractivity contribution in [3.8, 4) is 0 Å². The molecule has 1 aliphatic carbocycles. The largest absolute Gasteiger partial charge is 0.480 e. The molecule has 0 aliphatic heterocycles. The van der Waals surface area contributed by atoms with E-state index in [1.54, 1.807) is 12.1 Å². The number of carbonyl (C=O) groups excluding carboxylic acids is 2. The van der Waals surface area contributed by atoms with E-state index in [0.717, 1.165) is 0 Å². The van der Waals surface area contributed by atoms with Gasteiger partial charge in [0, 0.05) is 10.6 Å². The van der Waals surface area contributed by atoms with Crippen LogP contribution >= 0.6 is 11.6 Å². The van der Waals surface area contributed by atoms with Gasteiger partial charge in [-0.3, -0.25) is 14.4 Å². The minimum absolute atomic E-state index is 0.260. The molecule has 0 radical (unpaired) electrons. The van der Waals surface area contributed by atoms with Crippen LogP contribution in [0, 0.1) is 5.41 Å². The number of ether oxygens (including phenoxy) is 1. The van der Waals surface area contributed by atoms with Gasteiger partial charge < -0.3 is 9.84 Å². The SMILES string of the molecule is O=C(COC(=O)C1(C(=O)O)CC1)c1ccc(Cl)cc1. The van der Waals surface area contributed by atoms with E-state index in [0.29, 0.717) is 10.6 Å². The summed E-state index contributed by atoms with van der Waals surface area (Å²) >= 11 is 5.68. The molecule has 0 amide bonds. The van der Waals surface area contributed by atoms with Crippen LogP contribution in [0.15, 0.2) is 24.3 Å². The fraction of sp³-hybridized carbons (Fsp3) is 0.308. The van der Waals surface area contributed by atoms with Gasteiger partial charge in [0.15, 0.2) is 17.8 Å². The second-order valence-corrected chi connectivity index (χ2v) is 4.83. The van der Waals surface area contributed by atoms with E-state index in [2.05, 4.69) is 0 Å². The lowest BCUT2D eigenvalue weighted by molar-refractivity contribution is -0.160. The maximum absolute atomic E-state index is 11.7. The lowest BCUT2D eigenvalue weighted by atomic mass is 10.1. The Morgan fingerprint density at radius 2 is 1.79 bits per heavy atom. The zero-order valence-electron chi connectivity index (χ0n) is 9.89. The minimum atomic E-state index is -1.43. The van der Waals surface area contributed by atoms with Gasteiger partial charge in [0.05, 0.1) is 0 Å². The number of aliphatic carboxylic acids is 1. The molecule has 0 saturated heterocycles. The summed E-state index contributed by atoms with van der Waals surface area (Å²) in [6.45, 7) is -0.463. The van der Waals surface area contributed by atoms with Crippen LogP contribution in [-0.2, 0) is 14.3 Å². The summed E-state index contributed by atoms with van der Waals surface area (Å²) in [7, 11) is 0. The minimum Gasteiger partial charge on any atom is -0.480 e. The van der Waals surface area contributed by atoms with Crippen LogP contribution in [0.25, 0.3) is 0 Å². The van der Waals surface area contributed by atoms with Crippen LogP contribution in [0.3, 0.4) is 0 Å². The molecule has 0 aromatic heterocycles.